The van der Waals surface area contributed by atoms with Crippen LogP contribution >= 0.6 is 0 Å². The highest BCUT2D eigenvalue weighted by Crippen LogP contribution is 2.13. The smallest absolute Gasteiger partial charge is 0.246 e. The van der Waals surface area contributed by atoms with E-state index in [9.17, 15) is 13.2 Å². The molecule has 2 aromatic carbocycles. The maximum atomic E-state index is 12.6. The zero-order valence-corrected chi connectivity index (χ0v) is 17.6. The third-order valence-electron chi connectivity index (χ3n) is 4.94. The van der Waals surface area contributed by atoms with Crippen LogP contribution in [0.2, 0.25) is 0 Å². The first kappa shape index (κ1) is 20.9. The predicted octanol–water partition coefficient (Wildman–Crippen LogP) is 1.48. The zero-order valence-electron chi connectivity index (χ0n) is 16.8. The topological polar surface area (TPSA) is 101 Å². The van der Waals surface area contributed by atoms with E-state index in [0.29, 0.717) is 18.9 Å². The Morgan fingerprint density at radius 3 is 2.26 bits per heavy atom. The van der Waals surface area contributed by atoms with Crippen molar-refractivity contribution in [3.63, 3.8) is 0 Å². The van der Waals surface area contributed by atoms with E-state index in [1.54, 1.807) is 11.0 Å². The number of rotatable bonds is 6. The highest BCUT2D eigenvalue weighted by atomic mass is 32.2. The fraction of sp³-hybridized carbons (Fsp3) is 0.238. The first-order valence-electron chi connectivity index (χ1n) is 9.85. The molecule has 0 atom stereocenters. The van der Waals surface area contributed by atoms with Gasteiger partial charge in [0.1, 0.15) is 6.54 Å². The quantitative estimate of drug-likeness (QED) is 0.578. The molecule has 1 amide bonds. The molecule has 1 aliphatic rings. The summed E-state index contributed by atoms with van der Waals surface area (Å²) < 4.78 is 26.5. The zero-order chi connectivity index (χ0) is 21.7. The van der Waals surface area contributed by atoms with Crippen molar-refractivity contribution in [3.8, 4) is 11.4 Å². The summed E-state index contributed by atoms with van der Waals surface area (Å²) in [6, 6.07) is 18.6. The Balaban J connectivity index is 1.32. The Labute approximate surface area is 180 Å². The predicted molar refractivity (Wildman–Crippen MR) is 116 cm³/mol. The molecular formula is C21H22N6O3S. The maximum Gasteiger partial charge on any atom is 0.246 e. The van der Waals surface area contributed by atoms with E-state index < -0.39 is 10.0 Å². The summed E-state index contributed by atoms with van der Waals surface area (Å²) in [5, 5.41) is 13.4. The molecule has 4 rings (SSSR count). The van der Waals surface area contributed by atoms with Crippen molar-refractivity contribution in [3.05, 3.63) is 71.6 Å². The van der Waals surface area contributed by atoms with Crippen molar-refractivity contribution >= 4 is 22.0 Å². The molecule has 31 heavy (non-hydrogen) atoms. The minimum atomic E-state index is -3.54. The van der Waals surface area contributed by atoms with E-state index in [1.165, 1.54) is 14.5 Å². The molecule has 0 N–H and O–H groups in total. The van der Waals surface area contributed by atoms with Crippen molar-refractivity contribution < 1.29 is 13.2 Å². The summed E-state index contributed by atoms with van der Waals surface area (Å²) in [6.45, 7) is 1.08. The van der Waals surface area contributed by atoms with Crippen LogP contribution in [0.1, 0.15) is 5.56 Å². The summed E-state index contributed by atoms with van der Waals surface area (Å²) in [5.41, 5.74) is 1.64. The molecule has 2 heterocycles. The van der Waals surface area contributed by atoms with Gasteiger partial charge in [-0.15, -0.1) is 10.2 Å². The van der Waals surface area contributed by atoms with Gasteiger partial charge in [-0.2, -0.15) is 9.10 Å². The number of piperazine rings is 1. The Morgan fingerprint density at radius 1 is 0.935 bits per heavy atom. The molecule has 160 valence electrons. The Kier molecular flexibility index (Phi) is 6.19. The molecule has 9 nitrogen and oxygen atoms in total. The molecule has 3 aromatic rings. The fourth-order valence-electron chi connectivity index (χ4n) is 3.24. The molecule has 0 radical (unpaired) electrons. The number of benzene rings is 2. The minimum Gasteiger partial charge on any atom is -0.338 e. The van der Waals surface area contributed by atoms with E-state index in [0.717, 1.165) is 11.1 Å². The number of tetrazole rings is 1. The van der Waals surface area contributed by atoms with Crippen LogP contribution in [0.4, 0.5) is 0 Å². The van der Waals surface area contributed by atoms with Crippen molar-refractivity contribution in [1.82, 2.24) is 29.4 Å². The summed E-state index contributed by atoms with van der Waals surface area (Å²) in [4.78, 5) is 15.5. The number of carbonyl (C=O) groups is 1. The number of carbonyl (C=O) groups excluding carboxylic acids is 1. The largest absolute Gasteiger partial charge is 0.338 e. The summed E-state index contributed by atoms with van der Waals surface area (Å²) in [7, 11) is -3.54. The summed E-state index contributed by atoms with van der Waals surface area (Å²) in [5.74, 6) is 0.281. The van der Waals surface area contributed by atoms with Crippen LogP contribution in [-0.4, -0.2) is 69.9 Å². The molecule has 0 spiro atoms. The van der Waals surface area contributed by atoms with Crippen LogP contribution in [0.15, 0.2) is 66.1 Å². The van der Waals surface area contributed by atoms with Crippen LogP contribution in [-0.2, 0) is 21.4 Å². The number of aromatic nitrogens is 4. The van der Waals surface area contributed by atoms with Crippen molar-refractivity contribution in [2.75, 3.05) is 26.2 Å². The van der Waals surface area contributed by atoms with Gasteiger partial charge in [-0.1, -0.05) is 60.7 Å². The Bertz CT molecular complexity index is 1150. The van der Waals surface area contributed by atoms with E-state index in [2.05, 4.69) is 15.4 Å². The molecule has 1 fully saturated rings. The lowest BCUT2D eigenvalue weighted by atomic mass is 10.2. The Morgan fingerprint density at radius 2 is 1.58 bits per heavy atom. The molecule has 0 bridgehead atoms. The molecule has 0 unspecified atom stereocenters. The van der Waals surface area contributed by atoms with Gasteiger partial charge in [0.2, 0.25) is 21.8 Å². The van der Waals surface area contributed by atoms with Gasteiger partial charge in [0.15, 0.2) is 0 Å². The van der Waals surface area contributed by atoms with Crippen LogP contribution < -0.4 is 0 Å². The Hall–Kier alpha value is -3.37. The second-order valence-electron chi connectivity index (χ2n) is 7.05. The van der Waals surface area contributed by atoms with Gasteiger partial charge < -0.3 is 4.90 Å². The first-order valence-corrected chi connectivity index (χ1v) is 11.4. The van der Waals surface area contributed by atoms with Gasteiger partial charge in [0.05, 0.1) is 0 Å². The van der Waals surface area contributed by atoms with Crippen molar-refractivity contribution in [2.45, 2.75) is 6.54 Å². The molecule has 1 aromatic heterocycles. The van der Waals surface area contributed by atoms with Gasteiger partial charge in [-0.25, -0.2) is 8.42 Å². The monoisotopic (exact) mass is 438 g/mol. The number of nitrogens with zero attached hydrogens (tertiary/aromatic N) is 6. The van der Waals surface area contributed by atoms with E-state index in [-0.39, 0.29) is 25.5 Å². The molecule has 1 aliphatic heterocycles. The average molecular weight is 439 g/mol. The van der Waals surface area contributed by atoms with E-state index in [4.69, 9.17) is 0 Å². The van der Waals surface area contributed by atoms with Crippen LogP contribution in [0.3, 0.4) is 0 Å². The number of hydrogen-bond donors (Lipinski definition) is 0. The van der Waals surface area contributed by atoms with Crippen LogP contribution in [0.25, 0.3) is 17.5 Å². The summed E-state index contributed by atoms with van der Waals surface area (Å²) >= 11 is 0. The lowest BCUT2D eigenvalue weighted by Crippen LogP contribution is -2.50. The second-order valence-corrected chi connectivity index (χ2v) is 8.87. The van der Waals surface area contributed by atoms with Gasteiger partial charge in [-0.3, -0.25) is 4.79 Å². The lowest BCUT2D eigenvalue weighted by Gasteiger charge is -2.33. The highest BCUT2D eigenvalue weighted by molar-refractivity contribution is 7.92. The number of amides is 1. The normalized spacial score (nSPS) is 15.4. The van der Waals surface area contributed by atoms with Gasteiger partial charge >= 0.3 is 0 Å². The van der Waals surface area contributed by atoms with E-state index in [1.807, 2.05) is 60.7 Å². The van der Waals surface area contributed by atoms with Gasteiger partial charge in [-0.05, 0) is 16.9 Å². The van der Waals surface area contributed by atoms with E-state index >= 15 is 0 Å². The van der Waals surface area contributed by atoms with Crippen molar-refractivity contribution in [1.29, 1.82) is 0 Å². The standard InChI is InChI=1S/C21H22N6O3S/c28-20(17-27-23-21(22-24-27)19-9-5-2-6-10-19)25-12-14-26(15-13-25)31(29,30)16-11-18-7-3-1-4-8-18/h1-11,16H,12-15,17H2/b16-11+. The third kappa shape index (κ3) is 5.22. The lowest BCUT2D eigenvalue weighted by molar-refractivity contribution is -0.133. The molecule has 10 heteroatoms. The molecular weight excluding hydrogens is 416 g/mol. The highest BCUT2D eigenvalue weighted by Gasteiger charge is 2.27. The third-order valence-corrected chi connectivity index (χ3v) is 6.51. The number of hydrogen-bond acceptors (Lipinski definition) is 6. The van der Waals surface area contributed by atoms with Gasteiger partial charge in [0, 0.05) is 37.2 Å². The van der Waals surface area contributed by atoms with Crippen molar-refractivity contribution in [2.24, 2.45) is 0 Å². The molecule has 0 aliphatic carbocycles. The minimum absolute atomic E-state index is 0.0412. The second kappa shape index (κ2) is 9.19. The number of sulfonamides is 1. The SMILES string of the molecule is O=C(Cn1nnc(-c2ccccc2)n1)N1CCN(S(=O)(=O)/C=C/c2ccccc2)CC1. The first-order chi connectivity index (χ1) is 15.0. The maximum absolute atomic E-state index is 12.6. The molecule has 1 saturated heterocycles. The average Bonchev–Trinajstić information content (AvgIpc) is 3.28. The summed E-state index contributed by atoms with van der Waals surface area (Å²) in [6.07, 6.45) is 1.58. The van der Waals surface area contributed by atoms with Crippen LogP contribution in [0.5, 0.6) is 0 Å². The molecule has 0 saturated carbocycles. The fourth-order valence-corrected chi connectivity index (χ4v) is 4.41. The van der Waals surface area contributed by atoms with Crippen LogP contribution in [0, 0.1) is 0 Å². The van der Waals surface area contributed by atoms with Gasteiger partial charge in [0.25, 0.3) is 0 Å².